The van der Waals surface area contributed by atoms with Crippen LogP contribution in [0.25, 0.3) is 10.8 Å². The van der Waals surface area contributed by atoms with E-state index in [1.54, 1.807) is 0 Å². The third kappa shape index (κ3) is 2.71. The average molecular weight is 268 g/mol. The smallest absolute Gasteiger partial charge is 0.0355 e. The predicted octanol–water partition coefficient (Wildman–Crippen LogP) is 4.47. The van der Waals surface area contributed by atoms with E-state index in [9.17, 15) is 0 Å². The third-order valence-electron chi connectivity index (χ3n) is 4.60. The molecule has 1 unspecified atom stereocenters. The number of hydrogen-bond donors (Lipinski definition) is 1. The van der Waals surface area contributed by atoms with Gasteiger partial charge in [-0.3, -0.25) is 4.98 Å². The van der Waals surface area contributed by atoms with Crippen LogP contribution < -0.4 is 5.32 Å². The van der Waals surface area contributed by atoms with Gasteiger partial charge in [0.05, 0.1) is 0 Å². The van der Waals surface area contributed by atoms with E-state index >= 15 is 0 Å². The van der Waals surface area contributed by atoms with Crippen LogP contribution in [0.5, 0.6) is 0 Å². The molecule has 20 heavy (non-hydrogen) atoms. The van der Waals surface area contributed by atoms with Crippen LogP contribution >= 0.6 is 0 Å². The van der Waals surface area contributed by atoms with Crippen molar-refractivity contribution in [1.82, 2.24) is 10.3 Å². The van der Waals surface area contributed by atoms with Crippen LogP contribution in [0.15, 0.2) is 36.7 Å². The molecule has 0 bridgehead atoms. The Bertz CT molecular complexity index is 553. The maximum atomic E-state index is 4.33. The van der Waals surface area contributed by atoms with Gasteiger partial charge in [0.1, 0.15) is 0 Å². The molecule has 106 valence electrons. The van der Waals surface area contributed by atoms with Gasteiger partial charge in [0.2, 0.25) is 0 Å². The van der Waals surface area contributed by atoms with Crippen LogP contribution in [0.4, 0.5) is 0 Å². The summed E-state index contributed by atoms with van der Waals surface area (Å²) >= 11 is 0. The third-order valence-corrected chi connectivity index (χ3v) is 4.60. The van der Waals surface area contributed by atoms with Gasteiger partial charge >= 0.3 is 0 Å². The van der Waals surface area contributed by atoms with E-state index in [0.717, 1.165) is 12.5 Å². The lowest BCUT2D eigenvalue weighted by atomic mass is 9.80. The fourth-order valence-electron chi connectivity index (χ4n) is 3.63. The summed E-state index contributed by atoms with van der Waals surface area (Å²) < 4.78 is 0. The van der Waals surface area contributed by atoms with Crippen molar-refractivity contribution >= 4 is 10.8 Å². The molecule has 1 saturated carbocycles. The van der Waals surface area contributed by atoms with Gasteiger partial charge in [0.25, 0.3) is 0 Å². The number of nitrogens with one attached hydrogen (secondary N) is 1. The molecule has 2 aromatic rings. The van der Waals surface area contributed by atoms with Crippen LogP contribution in [0, 0.1) is 5.92 Å². The summed E-state index contributed by atoms with van der Waals surface area (Å²) in [5, 5.41) is 6.35. The van der Waals surface area contributed by atoms with Gasteiger partial charge in [0.15, 0.2) is 0 Å². The molecule has 1 aromatic heterocycles. The molecular formula is C18H24N2. The first-order valence-corrected chi connectivity index (χ1v) is 7.96. The number of rotatable bonds is 4. The van der Waals surface area contributed by atoms with E-state index in [4.69, 9.17) is 0 Å². The van der Waals surface area contributed by atoms with Crippen molar-refractivity contribution < 1.29 is 0 Å². The number of fused-ring (bicyclic) bond motifs is 1. The first-order valence-electron chi connectivity index (χ1n) is 7.96. The second kappa shape index (κ2) is 6.36. The van der Waals surface area contributed by atoms with Crippen LogP contribution in [0.2, 0.25) is 0 Å². The van der Waals surface area contributed by atoms with Crippen molar-refractivity contribution in [1.29, 1.82) is 0 Å². The van der Waals surface area contributed by atoms with Gasteiger partial charge in [0, 0.05) is 23.8 Å². The molecule has 1 heterocycles. The van der Waals surface area contributed by atoms with Crippen molar-refractivity contribution in [3.8, 4) is 0 Å². The van der Waals surface area contributed by atoms with Gasteiger partial charge in [-0.2, -0.15) is 0 Å². The Morgan fingerprint density at radius 2 is 2.05 bits per heavy atom. The Morgan fingerprint density at radius 1 is 1.20 bits per heavy atom. The zero-order valence-corrected chi connectivity index (χ0v) is 12.3. The molecule has 1 atom stereocenters. The highest BCUT2D eigenvalue weighted by Crippen LogP contribution is 2.36. The number of aromatic nitrogens is 1. The molecule has 1 N–H and O–H groups in total. The van der Waals surface area contributed by atoms with Crippen molar-refractivity contribution in [2.24, 2.45) is 5.92 Å². The molecule has 0 amide bonds. The van der Waals surface area contributed by atoms with Gasteiger partial charge in [-0.1, -0.05) is 44.4 Å². The second-order valence-electron chi connectivity index (χ2n) is 5.88. The summed E-state index contributed by atoms with van der Waals surface area (Å²) in [4.78, 5) is 4.33. The lowest BCUT2D eigenvalue weighted by molar-refractivity contribution is 0.275. The van der Waals surface area contributed by atoms with Gasteiger partial charge in [-0.15, -0.1) is 0 Å². The van der Waals surface area contributed by atoms with Crippen LogP contribution in [-0.2, 0) is 0 Å². The topological polar surface area (TPSA) is 24.9 Å². The van der Waals surface area contributed by atoms with E-state index in [1.165, 1.54) is 48.4 Å². The number of hydrogen-bond acceptors (Lipinski definition) is 2. The van der Waals surface area contributed by atoms with Crippen LogP contribution in [-0.4, -0.2) is 11.5 Å². The van der Waals surface area contributed by atoms with E-state index in [1.807, 2.05) is 12.4 Å². The fourth-order valence-corrected chi connectivity index (χ4v) is 3.63. The van der Waals surface area contributed by atoms with E-state index in [-0.39, 0.29) is 0 Å². The Labute approximate surface area is 121 Å². The van der Waals surface area contributed by atoms with E-state index < -0.39 is 0 Å². The van der Waals surface area contributed by atoms with Crippen molar-refractivity contribution in [3.63, 3.8) is 0 Å². The molecule has 2 heteroatoms. The summed E-state index contributed by atoms with van der Waals surface area (Å²) in [5.74, 6) is 0.773. The van der Waals surface area contributed by atoms with Crippen molar-refractivity contribution in [2.45, 2.75) is 45.1 Å². The summed E-state index contributed by atoms with van der Waals surface area (Å²) in [5.41, 5.74) is 1.43. The molecule has 1 aliphatic rings. The Morgan fingerprint density at radius 3 is 2.85 bits per heavy atom. The van der Waals surface area contributed by atoms with E-state index in [2.05, 4.69) is 41.5 Å². The molecule has 3 rings (SSSR count). The van der Waals surface area contributed by atoms with Crippen molar-refractivity contribution in [2.75, 3.05) is 6.54 Å². The minimum atomic E-state index is 0.480. The highest BCUT2D eigenvalue weighted by Gasteiger charge is 2.25. The number of pyridine rings is 1. The number of benzene rings is 1. The SMILES string of the molecule is CCNC(c1cccc2ccncc12)C1CCCCC1. The Balaban J connectivity index is 2.00. The maximum absolute atomic E-state index is 4.33. The largest absolute Gasteiger partial charge is 0.310 e. The van der Waals surface area contributed by atoms with Crippen LogP contribution in [0.1, 0.15) is 50.6 Å². The zero-order valence-electron chi connectivity index (χ0n) is 12.3. The van der Waals surface area contributed by atoms with Gasteiger partial charge in [-0.05, 0) is 42.3 Å². The van der Waals surface area contributed by atoms with Gasteiger partial charge < -0.3 is 5.32 Å². The van der Waals surface area contributed by atoms with E-state index in [0.29, 0.717) is 6.04 Å². The molecular weight excluding hydrogens is 244 g/mol. The monoisotopic (exact) mass is 268 g/mol. The number of nitrogens with zero attached hydrogens (tertiary/aromatic N) is 1. The molecule has 0 radical (unpaired) electrons. The molecule has 0 aliphatic heterocycles. The average Bonchev–Trinajstić information content (AvgIpc) is 2.53. The predicted molar refractivity (Wildman–Crippen MR) is 84.7 cm³/mol. The summed E-state index contributed by atoms with van der Waals surface area (Å²) in [7, 11) is 0. The lowest BCUT2D eigenvalue weighted by Crippen LogP contribution is -2.29. The molecule has 2 nitrogen and oxygen atoms in total. The molecule has 0 saturated heterocycles. The Hall–Kier alpha value is -1.41. The van der Waals surface area contributed by atoms with Gasteiger partial charge in [-0.25, -0.2) is 0 Å². The molecule has 1 fully saturated rings. The maximum Gasteiger partial charge on any atom is 0.0355 e. The highest BCUT2D eigenvalue weighted by atomic mass is 14.9. The minimum Gasteiger partial charge on any atom is -0.310 e. The normalized spacial score (nSPS) is 18.2. The van der Waals surface area contributed by atoms with Crippen molar-refractivity contribution in [3.05, 3.63) is 42.2 Å². The second-order valence-corrected chi connectivity index (χ2v) is 5.88. The summed E-state index contributed by atoms with van der Waals surface area (Å²) in [6, 6.07) is 9.25. The Kier molecular flexibility index (Phi) is 4.31. The summed E-state index contributed by atoms with van der Waals surface area (Å²) in [6.45, 7) is 3.23. The van der Waals surface area contributed by atoms with Crippen LogP contribution in [0.3, 0.4) is 0 Å². The minimum absolute atomic E-state index is 0.480. The molecule has 1 aromatic carbocycles. The quantitative estimate of drug-likeness (QED) is 0.885. The highest BCUT2D eigenvalue weighted by molar-refractivity contribution is 5.85. The zero-order chi connectivity index (χ0) is 13.8. The molecule has 1 aliphatic carbocycles. The fraction of sp³-hybridized carbons (Fsp3) is 0.500. The first-order chi connectivity index (χ1) is 9.90. The standard InChI is InChI=1S/C18H24N2/c1-2-20-18(15-7-4-3-5-8-15)16-10-6-9-14-11-12-19-13-17(14)16/h6,9-13,15,18,20H,2-5,7-8H2,1H3. The first kappa shape index (κ1) is 13.6. The molecule has 0 spiro atoms. The summed E-state index contributed by atoms with van der Waals surface area (Å²) in [6.07, 6.45) is 10.8. The lowest BCUT2D eigenvalue weighted by Gasteiger charge is -2.32.